The molecular weight excluding hydrogens is 645 g/mol. The Morgan fingerprint density at radius 1 is 0.346 bits per heavy atom. The fraction of sp³-hybridized carbons (Fsp3) is 0.0588. The van der Waals surface area contributed by atoms with E-state index in [1.807, 2.05) is 11.3 Å². The summed E-state index contributed by atoms with van der Waals surface area (Å²) in [6, 6.07) is 63.7. The zero-order valence-corrected chi connectivity index (χ0v) is 29.9. The maximum absolute atomic E-state index is 2.43. The Hall–Kier alpha value is -6.02. The van der Waals surface area contributed by atoms with Crippen LogP contribution in [0.2, 0.25) is 0 Å². The van der Waals surface area contributed by atoms with Gasteiger partial charge in [-0.1, -0.05) is 147 Å². The zero-order valence-electron chi connectivity index (χ0n) is 29.1. The van der Waals surface area contributed by atoms with Gasteiger partial charge in [-0.3, -0.25) is 0 Å². The minimum atomic E-state index is -0.0805. The van der Waals surface area contributed by atoms with Crippen molar-refractivity contribution in [2.75, 3.05) is 0 Å². The molecule has 0 spiro atoms. The third-order valence-electron chi connectivity index (χ3n) is 11.6. The first kappa shape index (κ1) is 29.7. The lowest BCUT2D eigenvalue weighted by molar-refractivity contribution is 0.661. The molecule has 1 heteroatoms. The van der Waals surface area contributed by atoms with E-state index in [4.69, 9.17) is 0 Å². The Morgan fingerprint density at radius 3 is 1.62 bits per heavy atom. The predicted octanol–water partition coefficient (Wildman–Crippen LogP) is 14.8. The molecule has 1 aliphatic carbocycles. The largest absolute Gasteiger partial charge is 0.135 e. The molecule has 52 heavy (non-hydrogen) atoms. The lowest BCUT2D eigenvalue weighted by Gasteiger charge is -2.22. The van der Waals surface area contributed by atoms with E-state index < -0.39 is 0 Å². The van der Waals surface area contributed by atoms with Crippen molar-refractivity contribution < 1.29 is 0 Å². The minimum absolute atomic E-state index is 0.0805. The molecule has 0 radical (unpaired) electrons. The molecule has 0 unspecified atom stereocenters. The van der Waals surface area contributed by atoms with Crippen molar-refractivity contribution >= 4 is 63.8 Å². The summed E-state index contributed by atoms with van der Waals surface area (Å²) >= 11 is 1.88. The lowest BCUT2D eigenvalue weighted by atomic mass is 9.81. The monoisotopic (exact) mass is 678 g/mol. The van der Waals surface area contributed by atoms with Crippen molar-refractivity contribution in [1.29, 1.82) is 0 Å². The van der Waals surface area contributed by atoms with Crippen LogP contribution in [0.3, 0.4) is 0 Å². The van der Waals surface area contributed by atoms with Gasteiger partial charge in [0.1, 0.15) is 0 Å². The van der Waals surface area contributed by atoms with E-state index in [0.717, 1.165) is 0 Å². The van der Waals surface area contributed by atoms with Crippen molar-refractivity contribution in [1.82, 2.24) is 0 Å². The van der Waals surface area contributed by atoms with E-state index in [0.29, 0.717) is 0 Å². The second kappa shape index (κ2) is 11.0. The van der Waals surface area contributed by atoms with Crippen molar-refractivity contribution in [3.8, 4) is 44.5 Å². The van der Waals surface area contributed by atoms with Crippen molar-refractivity contribution in [2.24, 2.45) is 0 Å². The molecule has 0 N–H and O–H groups in total. The topological polar surface area (TPSA) is 0 Å². The first-order valence-corrected chi connectivity index (χ1v) is 19.0. The minimum Gasteiger partial charge on any atom is -0.135 e. The van der Waals surface area contributed by atoms with Crippen LogP contribution in [0.4, 0.5) is 0 Å². The van der Waals surface area contributed by atoms with Gasteiger partial charge in [-0.25, -0.2) is 0 Å². The number of thiophene rings is 1. The van der Waals surface area contributed by atoms with Crippen LogP contribution in [-0.2, 0) is 5.41 Å². The molecule has 0 nitrogen and oxygen atoms in total. The van der Waals surface area contributed by atoms with E-state index >= 15 is 0 Å². The molecule has 0 fully saturated rings. The van der Waals surface area contributed by atoms with Gasteiger partial charge in [0.25, 0.3) is 0 Å². The second-order valence-electron chi connectivity index (χ2n) is 14.8. The summed E-state index contributed by atoms with van der Waals surface area (Å²) in [6.45, 7) is 4.76. The fourth-order valence-electron chi connectivity index (χ4n) is 9.19. The third kappa shape index (κ3) is 4.21. The average molecular weight is 679 g/mol. The number of benzene rings is 9. The highest BCUT2D eigenvalue weighted by molar-refractivity contribution is 7.25. The predicted molar refractivity (Wildman–Crippen MR) is 226 cm³/mol. The van der Waals surface area contributed by atoms with E-state index in [1.165, 1.54) is 108 Å². The molecule has 10 aromatic rings. The third-order valence-corrected chi connectivity index (χ3v) is 12.8. The molecule has 1 aromatic heterocycles. The van der Waals surface area contributed by atoms with Crippen molar-refractivity contribution in [3.05, 3.63) is 181 Å². The molecule has 0 saturated carbocycles. The van der Waals surface area contributed by atoms with Gasteiger partial charge in [0.2, 0.25) is 0 Å². The summed E-state index contributed by atoms with van der Waals surface area (Å²) in [7, 11) is 0. The highest BCUT2D eigenvalue weighted by Crippen LogP contribution is 2.53. The average Bonchev–Trinajstić information content (AvgIpc) is 3.67. The Balaban J connectivity index is 1.14. The fourth-order valence-corrected chi connectivity index (χ4v) is 10.3. The van der Waals surface area contributed by atoms with Crippen LogP contribution in [0.1, 0.15) is 25.0 Å². The second-order valence-corrected chi connectivity index (χ2v) is 15.9. The lowest BCUT2D eigenvalue weighted by Crippen LogP contribution is -2.14. The Bertz CT molecular complexity index is 3040. The Morgan fingerprint density at radius 2 is 0.904 bits per heavy atom. The summed E-state index contributed by atoms with van der Waals surface area (Å²) in [5.74, 6) is 0. The first-order chi connectivity index (χ1) is 25.5. The molecule has 244 valence electrons. The van der Waals surface area contributed by atoms with Gasteiger partial charge >= 0.3 is 0 Å². The molecule has 11 rings (SSSR count). The van der Waals surface area contributed by atoms with Gasteiger partial charge in [-0.05, 0) is 124 Å². The Kier molecular flexibility index (Phi) is 6.27. The van der Waals surface area contributed by atoms with Crippen LogP contribution in [-0.4, -0.2) is 0 Å². The molecule has 0 atom stereocenters. The Labute approximate surface area is 307 Å². The standard InChI is InChI=1S/C51H34S/c1-51(2)44-23-12-22-36(50(44)43-28-31-13-3-4-14-32(31)30-45(43)51)33-15-11-16-34(27-33)48-38-18-5-7-20-40(38)49(41-21-8-6-19-39(41)48)35-25-26-47-42(29-35)37-17-9-10-24-46(37)52-47/h3-30H,1-2H3. The van der Waals surface area contributed by atoms with Gasteiger partial charge in [0.15, 0.2) is 0 Å². The van der Waals surface area contributed by atoms with Crippen LogP contribution >= 0.6 is 11.3 Å². The molecule has 0 aliphatic heterocycles. The van der Waals surface area contributed by atoms with Crippen LogP contribution < -0.4 is 0 Å². The van der Waals surface area contributed by atoms with E-state index in [1.54, 1.807) is 0 Å². The molecule has 1 aliphatic rings. The smallest absolute Gasteiger partial charge is 0.0355 e. The quantitative estimate of drug-likeness (QED) is 0.163. The number of fused-ring (bicyclic) bond motifs is 9. The van der Waals surface area contributed by atoms with Crippen molar-refractivity contribution in [2.45, 2.75) is 19.3 Å². The van der Waals surface area contributed by atoms with Crippen LogP contribution in [0, 0.1) is 0 Å². The van der Waals surface area contributed by atoms with E-state index in [2.05, 4.69) is 184 Å². The summed E-state index contributed by atoms with van der Waals surface area (Å²) in [6.07, 6.45) is 0. The summed E-state index contributed by atoms with van der Waals surface area (Å²) < 4.78 is 2.67. The first-order valence-electron chi connectivity index (χ1n) is 18.2. The highest BCUT2D eigenvalue weighted by Gasteiger charge is 2.37. The highest BCUT2D eigenvalue weighted by atomic mass is 32.1. The van der Waals surface area contributed by atoms with E-state index in [9.17, 15) is 0 Å². The van der Waals surface area contributed by atoms with Crippen molar-refractivity contribution in [3.63, 3.8) is 0 Å². The summed E-state index contributed by atoms with van der Waals surface area (Å²) in [5.41, 5.74) is 13.1. The molecule has 9 aromatic carbocycles. The van der Waals surface area contributed by atoms with Crippen LogP contribution in [0.15, 0.2) is 170 Å². The maximum atomic E-state index is 2.43. The number of hydrogen-bond donors (Lipinski definition) is 0. The van der Waals surface area contributed by atoms with Gasteiger partial charge in [0.05, 0.1) is 0 Å². The molecule has 0 bridgehead atoms. The molecule has 1 heterocycles. The number of rotatable bonds is 3. The van der Waals surface area contributed by atoms with Gasteiger partial charge < -0.3 is 0 Å². The molecular formula is C51H34S. The van der Waals surface area contributed by atoms with Gasteiger partial charge in [-0.2, -0.15) is 0 Å². The van der Waals surface area contributed by atoms with Crippen LogP contribution in [0.5, 0.6) is 0 Å². The zero-order chi connectivity index (χ0) is 34.6. The summed E-state index contributed by atoms with van der Waals surface area (Å²) in [5, 5.41) is 10.4. The summed E-state index contributed by atoms with van der Waals surface area (Å²) in [4.78, 5) is 0. The molecule has 0 amide bonds. The molecule has 0 saturated heterocycles. The number of hydrogen-bond acceptors (Lipinski definition) is 1. The maximum Gasteiger partial charge on any atom is 0.0355 e. The van der Waals surface area contributed by atoms with Crippen LogP contribution in [0.25, 0.3) is 97.0 Å². The van der Waals surface area contributed by atoms with E-state index in [-0.39, 0.29) is 5.41 Å². The SMILES string of the molecule is CC1(C)c2cc3ccccc3cc2-c2c(-c3cccc(-c4c5ccccc5c(-c5ccc6sc7ccccc7c6c5)c5ccccc45)c3)cccc21. The van der Waals surface area contributed by atoms with Gasteiger partial charge in [-0.15, -0.1) is 11.3 Å². The van der Waals surface area contributed by atoms with Gasteiger partial charge in [0, 0.05) is 25.6 Å². The normalized spacial score (nSPS) is 13.3.